The third-order valence-corrected chi connectivity index (χ3v) is 6.64. The number of carbonyl (C=O) groups excluding carboxylic acids is 1. The van der Waals surface area contributed by atoms with Crippen molar-refractivity contribution in [3.05, 3.63) is 35.3 Å². The number of ether oxygens (including phenoxy) is 1. The highest BCUT2D eigenvalue weighted by atomic mass is 32.2. The molecule has 26 heavy (non-hydrogen) atoms. The van der Waals surface area contributed by atoms with E-state index in [4.69, 9.17) is 9.15 Å². The van der Waals surface area contributed by atoms with Gasteiger partial charge in [0.05, 0.1) is 17.5 Å². The normalized spacial score (nSPS) is 25.1. The third-order valence-electron chi connectivity index (χ3n) is 4.94. The summed E-state index contributed by atoms with van der Waals surface area (Å²) in [6, 6.07) is 2.85. The molecular weight excluding hydrogens is 356 g/mol. The van der Waals surface area contributed by atoms with Crippen LogP contribution >= 0.6 is 0 Å². The molecule has 2 fully saturated rings. The van der Waals surface area contributed by atoms with E-state index in [1.807, 2.05) is 13.8 Å². The predicted octanol–water partition coefficient (Wildman–Crippen LogP) is 1.32. The van der Waals surface area contributed by atoms with Crippen molar-refractivity contribution in [1.82, 2.24) is 9.80 Å². The van der Waals surface area contributed by atoms with Crippen molar-refractivity contribution >= 4 is 15.7 Å². The fraction of sp³-hybridized carbons (Fsp3) is 0.611. The van der Waals surface area contributed by atoms with Crippen LogP contribution in [0.1, 0.15) is 30.2 Å². The smallest absolute Gasteiger partial charge is 0.289 e. The average molecular weight is 382 g/mol. The van der Waals surface area contributed by atoms with E-state index in [9.17, 15) is 13.2 Å². The summed E-state index contributed by atoms with van der Waals surface area (Å²) >= 11 is 0. The number of allylic oxidation sites excluding steroid dienone is 1. The largest absolute Gasteiger partial charge is 0.453 e. The Morgan fingerprint density at radius 2 is 2.00 bits per heavy atom. The van der Waals surface area contributed by atoms with Gasteiger partial charge < -0.3 is 14.1 Å². The van der Waals surface area contributed by atoms with Crippen LogP contribution in [0.15, 0.2) is 28.2 Å². The molecule has 3 rings (SSSR count). The molecule has 8 heteroatoms. The van der Waals surface area contributed by atoms with E-state index < -0.39 is 9.84 Å². The summed E-state index contributed by atoms with van der Waals surface area (Å²) < 4.78 is 35.1. The molecule has 0 N–H and O–H groups in total. The summed E-state index contributed by atoms with van der Waals surface area (Å²) in [5.74, 6) is 0.679. The second kappa shape index (κ2) is 7.54. The number of rotatable bonds is 5. The molecule has 2 aliphatic heterocycles. The standard InChI is InChI=1S/C18H26N2O5S/c1-13(2)6-7-19-8-9-20(16-12-26(22,23)11-15(16)19)18(21)17-5-4-14(25-17)10-24-3/h4-6,15-16H,7-12H2,1-3H3/t15-,16+/m0/s1. The maximum atomic E-state index is 12.9. The van der Waals surface area contributed by atoms with Crippen LogP contribution in [-0.2, 0) is 21.2 Å². The molecule has 1 aromatic rings. The van der Waals surface area contributed by atoms with Crippen LogP contribution in [0.5, 0.6) is 0 Å². The first-order valence-electron chi connectivity index (χ1n) is 8.77. The molecule has 1 aromatic heterocycles. The fourth-order valence-electron chi connectivity index (χ4n) is 3.66. The van der Waals surface area contributed by atoms with Gasteiger partial charge >= 0.3 is 0 Å². The Kier molecular flexibility index (Phi) is 5.55. The van der Waals surface area contributed by atoms with Crippen molar-refractivity contribution < 1.29 is 22.4 Å². The molecule has 2 atom stereocenters. The minimum atomic E-state index is -3.16. The van der Waals surface area contributed by atoms with E-state index in [1.54, 1.807) is 24.1 Å². The molecule has 0 spiro atoms. The summed E-state index contributed by atoms with van der Waals surface area (Å²) in [5.41, 5.74) is 1.20. The van der Waals surface area contributed by atoms with Crippen LogP contribution in [0.3, 0.4) is 0 Å². The van der Waals surface area contributed by atoms with Gasteiger partial charge in [-0.1, -0.05) is 11.6 Å². The van der Waals surface area contributed by atoms with Crippen LogP contribution < -0.4 is 0 Å². The van der Waals surface area contributed by atoms with Gasteiger partial charge in [0.2, 0.25) is 0 Å². The van der Waals surface area contributed by atoms with Crippen molar-refractivity contribution in [3.63, 3.8) is 0 Å². The summed E-state index contributed by atoms with van der Waals surface area (Å²) in [5, 5.41) is 0. The molecule has 0 unspecified atom stereocenters. The van der Waals surface area contributed by atoms with E-state index in [0.717, 1.165) is 0 Å². The number of piperazine rings is 1. The van der Waals surface area contributed by atoms with Gasteiger partial charge in [0, 0.05) is 32.8 Å². The van der Waals surface area contributed by atoms with Gasteiger partial charge in [-0.25, -0.2) is 8.42 Å². The zero-order chi connectivity index (χ0) is 18.9. The number of hydrogen-bond donors (Lipinski definition) is 0. The predicted molar refractivity (Wildman–Crippen MR) is 97.7 cm³/mol. The number of nitrogens with zero attached hydrogens (tertiary/aromatic N) is 2. The Bertz CT molecular complexity index is 794. The van der Waals surface area contributed by atoms with E-state index in [1.165, 1.54) is 5.57 Å². The third kappa shape index (κ3) is 4.02. The zero-order valence-corrected chi connectivity index (χ0v) is 16.3. The Morgan fingerprint density at radius 3 is 2.69 bits per heavy atom. The summed E-state index contributed by atoms with van der Waals surface area (Å²) in [4.78, 5) is 16.8. The molecule has 7 nitrogen and oxygen atoms in total. The number of carbonyl (C=O) groups is 1. The van der Waals surface area contributed by atoms with Gasteiger partial charge in [-0.05, 0) is 26.0 Å². The van der Waals surface area contributed by atoms with Crippen LogP contribution in [-0.4, -0.2) is 74.5 Å². The second-order valence-electron chi connectivity index (χ2n) is 7.19. The molecule has 144 valence electrons. The average Bonchev–Trinajstić information content (AvgIpc) is 3.15. The lowest BCUT2D eigenvalue weighted by molar-refractivity contribution is 0.0338. The molecule has 0 aliphatic carbocycles. The quantitative estimate of drug-likeness (QED) is 0.715. The molecule has 0 radical (unpaired) electrons. The summed E-state index contributed by atoms with van der Waals surface area (Å²) in [6.45, 7) is 6.20. The van der Waals surface area contributed by atoms with Crippen LogP contribution in [0.25, 0.3) is 0 Å². The molecule has 0 aromatic carbocycles. The lowest BCUT2D eigenvalue weighted by Gasteiger charge is -2.43. The Hall–Kier alpha value is -1.64. The minimum absolute atomic E-state index is 0.0143. The molecule has 0 bridgehead atoms. The van der Waals surface area contributed by atoms with Gasteiger partial charge in [0.15, 0.2) is 15.6 Å². The number of furan rings is 1. The number of hydrogen-bond acceptors (Lipinski definition) is 6. The SMILES string of the molecule is COCc1ccc(C(=O)N2CCN(CC=C(C)C)[C@H]3CS(=O)(=O)C[C@H]32)o1. The fourth-order valence-corrected chi connectivity index (χ4v) is 5.67. The second-order valence-corrected chi connectivity index (χ2v) is 9.34. The van der Waals surface area contributed by atoms with Crippen LogP contribution in [0.4, 0.5) is 0 Å². The Morgan fingerprint density at radius 1 is 1.27 bits per heavy atom. The zero-order valence-electron chi connectivity index (χ0n) is 15.5. The van der Waals surface area contributed by atoms with Crippen LogP contribution in [0.2, 0.25) is 0 Å². The maximum absolute atomic E-state index is 12.9. The summed E-state index contributed by atoms with van der Waals surface area (Å²) in [6.07, 6.45) is 2.10. The number of sulfone groups is 1. The first kappa shape index (κ1) is 19.1. The first-order chi connectivity index (χ1) is 12.3. The van der Waals surface area contributed by atoms with Crippen molar-refractivity contribution in [3.8, 4) is 0 Å². The lowest BCUT2D eigenvalue weighted by Crippen LogP contribution is -2.60. The number of fused-ring (bicyclic) bond motifs is 1. The maximum Gasteiger partial charge on any atom is 0.289 e. The molecule has 2 aliphatic rings. The number of methoxy groups -OCH3 is 1. The highest BCUT2D eigenvalue weighted by molar-refractivity contribution is 7.91. The monoisotopic (exact) mass is 382 g/mol. The van der Waals surface area contributed by atoms with Gasteiger partial charge in [0.1, 0.15) is 12.4 Å². The van der Waals surface area contributed by atoms with Gasteiger partial charge in [-0.2, -0.15) is 0 Å². The molecule has 0 saturated carbocycles. The minimum Gasteiger partial charge on any atom is -0.453 e. The highest BCUT2D eigenvalue weighted by Crippen LogP contribution is 2.28. The van der Waals surface area contributed by atoms with Gasteiger partial charge in [-0.3, -0.25) is 9.69 Å². The van der Waals surface area contributed by atoms with Gasteiger partial charge in [-0.15, -0.1) is 0 Å². The van der Waals surface area contributed by atoms with E-state index in [-0.39, 0.29) is 35.3 Å². The molecular formula is C18H26N2O5S. The molecule has 2 saturated heterocycles. The van der Waals surface area contributed by atoms with Crippen LogP contribution in [0, 0.1) is 0 Å². The lowest BCUT2D eigenvalue weighted by atomic mass is 10.0. The van der Waals surface area contributed by atoms with Crippen molar-refractivity contribution in [2.24, 2.45) is 0 Å². The Labute approximate surface area is 154 Å². The van der Waals surface area contributed by atoms with Crippen molar-refractivity contribution in [2.45, 2.75) is 32.5 Å². The topological polar surface area (TPSA) is 80.1 Å². The van der Waals surface area contributed by atoms with E-state index in [0.29, 0.717) is 32.0 Å². The highest BCUT2D eigenvalue weighted by Gasteiger charge is 2.48. The van der Waals surface area contributed by atoms with Gasteiger partial charge in [0.25, 0.3) is 5.91 Å². The molecule has 1 amide bonds. The van der Waals surface area contributed by atoms with E-state index >= 15 is 0 Å². The number of amides is 1. The summed E-state index contributed by atoms with van der Waals surface area (Å²) in [7, 11) is -1.60. The Balaban J connectivity index is 1.80. The first-order valence-corrected chi connectivity index (χ1v) is 10.6. The van der Waals surface area contributed by atoms with Crippen molar-refractivity contribution in [1.29, 1.82) is 0 Å². The van der Waals surface area contributed by atoms with E-state index in [2.05, 4.69) is 11.0 Å². The molecule has 3 heterocycles. The van der Waals surface area contributed by atoms with Crippen molar-refractivity contribution in [2.75, 3.05) is 38.2 Å².